The van der Waals surface area contributed by atoms with E-state index in [9.17, 15) is 14.7 Å². The second kappa shape index (κ2) is 8.39. The number of aliphatic hydroxyl groups is 1. The molecule has 0 spiro atoms. The van der Waals surface area contributed by atoms with Gasteiger partial charge in [-0.2, -0.15) is 0 Å². The molecule has 0 saturated carbocycles. The van der Waals surface area contributed by atoms with E-state index in [0.717, 1.165) is 33.5 Å². The number of amides is 3. The Balaban J connectivity index is 1.56. The SMILES string of the molecule is COc1ccc2c(c1)c1c(n2Cc2ccc(C(O)OC(C)(C)C)cc2)CN2CC1C(=O)N(C)C2=O. The zero-order valence-corrected chi connectivity index (χ0v) is 20.7. The number of imide groups is 1. The molecule has 0 aliphatic carbocycles. The molecule has 3 heterocycles. The Morgan fingerprint density at radius 3 is 2.49 bits per heavy atom. The number of hydrogen-bond acceptors (Lipinski definition) is 5. The van der Waals surface area contributed by atoms with Gasteiger partial charge in [0.15, 0.2) is 6.29 Å². The second-order valence-corrected chi connectivity index (χ2v) is 10.3. The van der Waals surface area contributed by atoms with E-state index in [4.69, 9.17) is 9.47 Å². The number of fused-ring (bicyclic) bond motifs is 6. The molecule has 3 aromatic rings. The molecule has 35 heavy (non-hydrogen) atoms. The van der Waals surface area contributed by atoms with Crippen LogP contribution in [0.1, 0.15) is 55.4 Å². The highest BCUT2D eigenvalue weighted by atomic mass is 16.6. The zero-order valence-electron chi connectivity index (χ0n) is 20.7. The molecule has 184 valence electrons. The second-order valence-electron chi connectivity index (χ2n) is 10.3. The number of methoxy groups -OCH3 is 1. The first-order valence-electron chi connectivity index (χ1n) is 11.8. The van der Waals surface area contributed by atoms with Crippen molar-refractivity contribution in [2.75, 3.05) is 20.7 Å². The summed E-state index contributed by atoms with van der Waals surface area (Å²) in [5, 5.41) is 11.4. The lowest BCUT2D eigenvalue weighted by Crippen LogP contribution is -2.56. The lowest BCUT2D eigenvalue weighted by molar-refractivity contribution is -0.169. The van der Waals surface area contributed by atoms with Crippen molar-refractivity contribution in [1.82, 2.24) is 14.4 Å². The number of aliphatic hydroxyl groups excluding tert-OH is 1. The maximum atomic E-state index is 13.1. The molecular weight excluding hydrogens is 446 g/mol. The maximum Gasteiger partial charge on any atom is 0.326 e. The van der Waals surface area contributed by atoms with Crippen molar-refractivity contribution in [3.63, 3.8) is 0 Å². The molecule has 2 bridgehead atoms. The summed E-state index contributed by atoms with van der Waals surface area (Å²) in [6, 6.07) is 13.3. The van der Waals surface area contributed by atoms with Crippen LogP contribution in [0.3, 0.4) is 0 Å². The average Bonchev–Trinajstić information content (AvgIpc) is 3.13. The number of rotatable bonds is 5. The fourth-order valence-corrected chi connectivity index (χ4v) is 5.10. The van der Waals surface area contributed by atoms with Gasteiger partial charge in [0.2, 0.25) is 5.91 Å². The monoisotopic (exact) mass is 477 g/mol. The minimum atomic E-state index is -1.00. The molecule has 2 atom stereocenters. The summed E-state index contributed by atoms with van der Waals surface area (Å²) in [6.07, 6.45) is -1.00. The van der Waals surface area contributed by atoms with Gasteiger partial charge >= 0.3 is 6.03 Å². The molecule has 2 unspecified atom stereocenters. The topological polar surface area (TPSA) is 84.2 Å². The van der Waals surface area contributed by atoms with Crippen LogP contribution in [0.5, 0.6) is 5.75 Å². The van der Waals surface area contributed by atoms with Crippen LogP contribution in [0.4, 0.5) is 4.79 Å². The normalized spacial score (nSPS) is 18.7. The van der Waals surface area contributed by atoms with Crippen LogP contribution in [0.25, 0.3) is 10.9 Å². The minimum absolute atomic E-state index is 0.175. The minimum Gasteiger partial charge on any atom is -0.497 e. The zero-order chi connectivity index (χ0) is 25.1. The first-order valence-corrected chi connectivity index (χ1v) is 11.8. The van der Waals surface area contributed by atoms with Gasteiger partial charge in [-0.15, -0.1) is 0 Å². The molecule has 2 aliphatic heterocycles. The van der Waals surface area contributed by atoms with E-state index in [1.165, 1.54) is 4.90 Å². The number of hydrogen-bond donors (Lipinski definition) is 1. The highest BCUT2D eigenvalue weighted by Gasteiger charge is 2.44. The third-order valence-corrected chi connectivity index (χ3v) is 6.77. The Morgan fingerprint density at radius 1 is 1.11 bits per heavy atom. The van der Waals surface area contributed by atoms with Crippen LogP contribution in [0.2, 0.25) is 0 Å². The summed E-state index contributed by atoms with van der Waals surface area (Å²) in [4.78, 5) is 28.8. The fraction of sp³-hybridized carbons (Fsp3) is 0.407. The third-order valence-electron chi connectivity index (χ3n) is 6.77. The van der Waals surface area contributed by atoms with Gasteiger partial charge in [-0.25, -0.2) is 4.79 Å². The standard InChI is InChI=1S/C27H31N3O5/c1-27(2,3)35-25(32)17-8-6-16(7-9-17)13-30-21-11-10-18(34-5)12-19(21)23-20-14-29(15-22(23)30)26(33)28(4)24(20)31/h6-12,20,25,32H,13-15H2,1-5H3. The number of likely N-dealkylation sites (N-methyl/N-ethyl adjacent to an activating group) is 1. The number of carbonyl (C=O) groups is 2. The Kier molecular flexibility index (Phi) is 5.61. The molecule has 8 nitrogen and oxygen atoms in total. The Morgan fingerprint density at radius 2 is 1.83 bits per heavy atom. The smallest absolute Gasteiger partial charge is 0.326 e. The van der Waals surface area contributed by atoms with Gasteiger partial charge in [0, 0.05) is 42.3 Å². The number of benzene rings is 2. The first kappa shape index (κ1) is 23.4. The van der Waals surface area contributed by atoms with Gasteiger partial charge in [-0.3, -0.25) is 9.69 Å². The number of nitrogens with zero attached hydrogens (tertiary/aromatic N) is 3. The van der Waals surface area contributed by atoms with Crippen molar-refractivity contribution in [3.05, 3.63) is 64.8 Å². The van der Waals surface area contributed by atoms with Crippen molar-refractivity contribution >= 4 is 22.8 Å². The molecule has 1 N–H and O–H groups in total. The number of aromatic nitrogens is 1. The molecule has 2 aromatic carbocycles. The number of urea groups is 1. The van der Waals surface area contributed by atoms with Gasteiger partial charge in [0.05, 0.1) is 25.2 Å². The molecule has 1 aromatic heterocycles. The van der Waals surface area contributed by atoms with E-state index in [1.54, 1.807) is 19.1 Å². The Hall–Kier alpha value is -3.36. The largest absolute Gasteiger partial charge is 0.497 e. The predicted molar refractivity (Wildman–Crippen MR) is 131 cm³/mol. The van der Waals surface area contributed by atoms with Crippen LogP contribution in [0.15, 0.2) is 42.5 Å². The van der Waals surface area contributed by atoms with Crippen LogP contribution in [0, 0.1) is 0 Å². The molecule has 5 rings (SSSR count). The van der Waals surface area contributed by atoms with Crippen molar-refractivity contribution in [3.8, 4) is 5.75 Å². The summed E-state index contributed by atoms with van der Waals surface area (Å²) >= 11 is 0. The van der Waals surface area contributed by atoms with Crippen LogP contribution in [-0.4, -0.2) is 57.7 Å². The van der Waals surface area contributed by atoms with E-state index in [0.29, 0.717) is 25.2 Å². The van der Waals surface area contributed by atoms with Gasteiger partial charge < -0.3 is 24.0 Å². The summed E-state index contributed by atoms with van der Waals surface area (Å²) in [7, 11) is 3.18. The maximum absolute atomic E-state index is 13.1. The molecule has 8 heteroatoms. The van der Waals surface area contributed by atoms with Crippen LogP contribution < -0.4 is 4.74 Å². The van der Waals surface area contributed by atoms with E-state index in [2.05, 4.69) is 4.57 Å². The van der Waals surface area contributed by atoms with Gasteiger partial charge in [0.1, 0.15) is 5.75 Å². The third kappa shape index (κ3) is 4.06. The molecule has 2 aliphatic rings. The number of ether oxygens (including phenoxy) is 2. The quantitative estimate of drug-likeness (QED) is 0.562. The Labute approximate surface area is 204 Å². The summed E-state index contributed by atoms with van der Waals surface area (Å²) in [5.74, 6) is 0.153. The highest BCUT2D eigenvalue weighted by Crippen LogP contribution is 2.41. The van der Waals surface area contributed by atoms with Crippen molar-refractivity contribution in [2.45, 2.75) is 51.7 Å². The molecule has 1 fully saturated rings. The van der Waals surface area contributed by atoms with Crippen molar-refractivity contribution in [2.24, 2.45) is 0 Å². The molecule has 3 amide bonds. The highest BCUT2D eigenvalue weighted by molar-refractivity contribution is 6.04. The molecule has 1 saturated heterocycles. The molecular formula is C27H31N3O5. The number of carbonyl (C=O) groups excluding carboxylic acids is 2. The van der Waals surface area contributed by atoms with E-state index in [1.807, 2.05) is 63.2 Å². The fourth-order valence-electron chi connectivity index (χ4n) is 5.10. The predicted octanol–water partition coefficient (Wildman–Crippen LogP) is 4.00. The molecule has 0 radical (unpaired) electrons. The van der Waals surface area contributed by atoms with E-state index in [-0.39, 0.29) is 11.9 Å². The van der Waals surface area contributed by atoms with Crippen LogP contribution >= 0.6 is 0 Å². The average molecular weight is 478 g/mol. The van der Waals surface area contributed by atoms with Crippen molar-refractivity contribution in [1.29, 1.82) is 0 Å². The van der Waals surface area contributed by atoms with Gasteiger partial charge in [0.25, 0.3) is 0 Å². The van der Waals surface area contributed by atoms with E-state index >= 15 is 0 Å². The summed E-state index contributed by atoms with van der Waals surface area (Å²) in [6.45, 7) is 7.10. The summed E-state index contributed by atoms with van der Waals surface area (Å²) in [5.41, 5.74) is 4.20. The van der Waals surface area contributed by atoms with E-state index < -0.39 is 17.8 Å². The van der Waals surface area contributed by atoms with Gasteiger partial charge in [-0.1, -0.05) is 24.3 Å². The lowest BCUT2D eigenvalue weighted by atomic mass is 9.89. The first-order chi connectivity index (χ1) is 16.6. The van der Waals surface area contributed by atoms with Gasteiger partial charge in [-0.05, 0) is 50.1 Å². The summed E-state index contributed by atoms with van der Waals surface area (Å²) < 4.78 is 13.3. The lowest BCUT2D eigenvalue weighted by Gasteiger charge is -2.41. The van der Waals surface area contributed by atoms with Crippen LogP contribution in [-0.2, 0) is 22.6 Å². The van der Waals surface area contributed by atoms with Crippen molar-refractivity contribution < 1.29 is 24.2 Å². The Bertz CT molecular complexity index is 1310.